The zero-order chi connectivity index (χ0) is 24.7. The zero-order valence-corrected chi connectivity index (χ0v) is 20.2. The molecule has 3 aromatic rings. The standard InChI is InChI=1S/C26H25ClN4O4/c1-34-16-8-9-18-14(11-16)12-17(24(27)30-18)21-22-19(6-3-7-20(22)32)31(15-5-4-10-29-13-15)25(28)23(21)26(33)35-2/h4-5,8-13,21,23,25H,3,6-7,28H2,1-2H3. The Morgan fingerprint density at radius 2 is 2.03 bits per heavy atom. The van der Waals surface area contributed by atoms with Crippen molar-refractivity contribution in [2.45, 2.75) is 31.3 Å². The highest BCUT2D eigenvalue weighted by molar-refractivity contribution is 6.31. The first-order chi connectivity index (χ1) is 16.9. The van der Waals surface area contributed by atoms with Gasteiger partial charge < -0.3 is 20.1 Å². The summed E-state index contributed by atoms with van der Waals surface area (Å²) in [4.78, 5) is 37.3. The number of carbonyl (C=O) groups is 2. The number of nitrogens with zero attached hydrogens (tertiary/aromatic N) is 3. The maximum atomic E-state index is 13.5. The molecule has 180 valence electrons. The van der Waals surface area contributed by atoms with Crippen LogP contribution in [-0.4, -0.2) is 42.1 Å². The lowest BCUT2D eigenvalue weighted by Crippen LogP contribution is -2.57. The van der Waals surface area contributed by atoms with E-state index in [0.29, 0.717) is 47.4 Å². The van der Waals surface area contributed by atoms with Crippen molar-refractivity contribution >= 4 is 39.9 Å². The van der Waals surface area contributed by atoms with E-state index in [1.807, 2.05) is 29.2 Å². The second-order valence-corrected chi connectivity index (χ2v) is 9.02. The van der Waals surface area contributed by atoms with Gasteiger partial charge in [-0.2, -0.15) is 0 Å². The molecule has 1 aliphatic carbocycles. The molecule has 0 bridgehead atoms. The summed E-state index contributed by atoms with van der Waals surface area (Å²) in [6.07, 6.45) is 4.24. The second kappa shape index (κ2) is 9.28. The van der Waals surface area contributed by atoms with Gasteiger partial charge in [-0.05, 0) is 54.8 Å². The van der Waals surface area contributed by atoms with E-state index < -0.39 is 24.0 Å². The van der Waals surface area contributed by atoms with Gasteiger partial charge in [-0.25, -0.2) is 4.98 Å². The van der Waals surface area contributed by atoms with Gasteiger partial charge in [0.1, 0.15) is 16.8 Å². The molecular weight excluding hydrogens is 468 g/mol. The number of rotatable bonds is 4. The van der Waals surface area contributed by atoms with Crippen molar-refractivity contribution in [3.8, 4) is 5.75 Å². The van der Waals surface area contributed by atoms with Gasteiger partial charge in [0, 0.05) is 35.2 Å². The summed E-state index contributed by atoms with van der Waals surface area (Å²) in [6, 6.07) is 11.0. The topological polar surface area (TPSA) is 108 Å². The molecule has 0 saturated carbocycles. The first-order valence-corrected chi connectivity index (χ1v) is 11.8. The van der Waals surface area contributed by atoms with Crippen LogP contribution in [0.2, 0.25) is 5.15 Å². The number of nitrogens with two attached hydrogens (primary N) is 1. The number of anilines is 1. The Balaban J connectivity index is 1.78. The van der Waals surface area contributed by atoms with Crippen LogP contribution in [-0.2, 0) is 14.3 Å². The Labute approximate surface area is 207 Å². The number of hydrogen-bond donors (Lipinski definition) is 1. The lowest BCUT2D eigenvalue weighted by molar-refractivity contribution is -0.147. The molecule has 9 heteroatoms. The predicted molar refractivity (Wildman–Crippen MR) is 132 cm³/mol. The van der Waals surface area contributed by atoms with E-state index in [1.165, 1.54) is 7.11 Å². The minimum atomic E-state index is -0.900. The number of esters is 1. The number of aromatic nitrogens is 2. The van der Waals surface area contributed by atoms with E-state index >= 15 is 0 Å². The summed E-state index contributed by atoms with van der Waals surface area (Å²) in [5, 5.41) is 0.995. The SMILES string of the molecule is COC(=O)C1C(c2cc3cc(OC)ccc3nc2Cl)C2=C(CCCC2=O)N(c2cccnc2)C1N. The van der Waals surface area contributed by atoms with Crippen LogP contribution in [0.4, 0.5) is 5.69 Å². The third kappa shape index (κ3) is 3.92. The van der Waals surface area contributed by atoms with Gasteiger partial charge in [-0.15, -0.1) is 0 Å². The first-order valence-electron chi connectivity index (χ1n) is 11.4. The lowest BCUT2D eigenvalue weighted by Gasteiger charge is -2.47. The largest absolute Gasteiger partial charge is 0.497 e. The number of carbonyl (C=O) groups excluding carboxylic acids is 2. The third-order valence-electron chi connectivity index (χ3n) is 6.79. The van der Waals surface area contributed by atoms with Crippen molar-refractivity contribution in [3.05, 3.63) is 70.8 Å². The summed E-state index contributed by atoms with van der Waals surface area (Å²) in [5.74, 6) is -1.50. The first kappa shape index (κ1) is 23.3. The molecule has 2 aromatic heterocycles. The van der Waals surface area contributed by atoms with Crippen LogP contribution in [0.15, 0.2) is 60.1 Å². The van der Waals surface area contributed by atoms with Crippen LogP contribution in [0.1, 0.15) is 30.7 Å². The second-order valence-electron chi connectivity index (χ2n) is 8.66. The Hall–Kier alpha value is -3.49. The highest BCUT2D eigenvalue weighted by Crippen LogP contribution is 2.49. The predicted octanol–water partition coefficient (Wildman–Crippen LogP) is 3.98. The molecule has 1 aliphatic heterocycles. The Morgan fingerprint density at radius 1 is 1.20 bits per heavy atom. The number of Topliss-reactive ketones (excluding diaryl/α,β-unsaturated/α-hetero) is 1. The van der Waals surface area contributed by atoms with Crippen LogP contribution in [0.3, 0.4) is 0 Å². The summed E-state index contributed by atoms with van der Waals surface area (Å²) >= 11 is 6.71. The van der Waals surface area contributed by atoms with Crippen LogP contribution >= 0.6 is 11.6 Å². The molecule has 5 rings (SSSR count). The highest BCUT2D eigenvalue weighted by Gasteiger charge is 2.50. The maximum absolute atomic E-state index is 13.5. The van der Waals surface area contributed by atoms with E-state index in [0.717, 1.165) is 11.1 Å². The van der Waals surface area contributed by atoms with E-state index in [2.05, 4.69) is 9.97 Å². The molecule has 0 radical (unpaired) electrons. The van der Waals surface area contributed by atoms with E-state index in [9.17, 15) is 9.59 Å². The molecule has 35 heavy (non-hydrogen) atoms. The highest BCUT2D eigenvalue weighted by atomic mass is 35.5. The summed E-state index contributed by atoms with van der Waals surface area (Å²) in [6.45, 7) is 0. The third-order valence-corrected chi connectivity index (χ3v) is 7.09. The fraction of sp³-hybridized carbons (Fsp3) is 0.308. The Morgan fingerprint density at radius 3 is 2.74 bits per heavy atom. The van der Waals surface area contributed by atoms with Crippen LogP contribution in [0.5, 0.6) is 5.75 Å². The lowest BCUT2D eigenvalue weighted by atomic mass is 9.70. The summed E-state index contributed by atoms with van der Waals surface area (Å²) in [7, 11) is 2.90. The molecule has 0 saturated heterocycles. The molecule has 3 unspecified atom stereocenters. The molecular formula is C26H25ClN4O4. The molecule has 2 aliphatic rings. The Kier molecular flexibility index (Phi) is 6.17. The zero-order valence-electron chi connectivity index (χ0n) is 19.4. The average molecular weight is 493 g/mol. The molecule has 0 fully saturated rings. The van der Waals surface area contributed by atoms with Gasteiger partial charge >= 0.3 is 5.97 Å². The minimum Gasteiger partial charge on any atom is -0.497 e. The number of ether oxygens (including phenoxy) is 2. The van der Waals surface area contributed by atoms with Crippen LogP contribution < -0.4 is 15.4 Å². The quantitative estimate of drug-likeness (QED) is 0.430. The van der Waals surface area contributed by atoms with Crippen molar-refractivity contribution in [1.29, 1.82) is 0 Å². The fourth-order valence-electron chi connectivity index (χ4n) is 5.24. The number of hydrogen-bond acceptors (Lipinski definition) is 8. The fourth-order valence-corrected chi connectivity index (χ4v) is 5.51. The monoisotopic (exact) mass is 492 g/mol. The molecule has 2 N–H and O–H groups in total. The van der Waals surface area contributed by atoms with Crippen LogP contribution in [0, 0.1) is 5.92 Å². The van der Waals surface area contributed by atoms with Gasteiger partial charge in [-0.1, -0.05) is 11.6 Å². The number of ketones is 1. The number of fused-ring (bicyclic) bond motifs is 1. The van der Waals surface area contributed by atoms with Gasteiger partial charge in [-0.3, -0.25) is 14.6 Å². The van der Waals surface area contributed by atoms with Gasteiger partial charge in [0.15, 0.2) is 5.78 Å². The van der Waals surface area contributed by atoms with Gasteiger partial charge in [0.2, 0.25) is 0 Å². The molecule has 0 spiro atoms. The normalized spacial score (nSPS) is 22.2. The average Bonchev–Trinajstić information content (AvgIpc) is 2.87. The smallest absolute Gasteiger partial charge is 0.313 e. The molecule has 3 heterocycles. The van der Waals surface area contributed by atoms with Crippen molar-refractivity contribution in [1.82, 2.24) is 9.97 Å². The van der Waals surface area contributed by atoms with Gasteiger partial charge in [0.25, 0.3) is 0 Å². The van der Waals surface area contributed by atoms with Gasteiger partial charge in [0.05, 0.1) is 37.8 Å². The minimum absolute atomic E-state index is 0.0345. The number of pyridine rings is 2. The molecule has 0 amide bonds. The van der Waals surface area contributed by atoms with E-state index in [-0.39, 0.29) is 10.9 Å². The maximum Gasteiger partial charge on any atom is 0.313 e. The van der Waals surface area contributed by atoms with Crippen molar-refractivity contribution in [2.75, 3.05) is 19.1 Å². The number of allylic oxidation sites excluding steroid dienone is 2. The van der Waals surface area contributed by atoms with Crippen molar-refractivity contribution in [3.63, 3.8) is 0 Å². The number of halogens is 1. The number of benzene rings is 1. The summed E-state index contributed by atoms with van der Waals surface area (Å²) < 4.78 is 10.6. The van der Waals surface area contributed by atoms with Crippen molar-refractivity contribution in [2.24, 2.45) is 11.7 Å². The molecule has 3 atom stereocenters. The van der Waals surface area contributed by atoms with Crippen molar-refractivity contribution < 1.29 is 19.1 Å². The van der Waals surface area contributed by atoms with E-state index in [1.54, 1.807) is 31.6 Å². The molecule has 8 nitrogen and oxygen atoms in total. The van der Waals surface area contributed by atoms with Crippen LogP contribution in [0.25, 0.3) is 10.9 Å². The number of methoxy groups -OCH3 is 2. The van der Waals surface area contributed by atoms with E-state index in [4.69, 9.17) is 26.8 Å². The summed E-state index contributed by atoms with van der Waals surface area (Å²) in [5.41, 5.74) is 10.1. The Bertz CT molecular complexity index is 1340. The molecule has 1 aromatic carbocycles.